The number of aromatic nitrogens is 2. The van der Waals surface area contributed by atoms with Gasteiger partial charge in [-0.15, -0.1) is 0 Å². The molecule has 24 heavy (non-hydrogen) atoms. The summed E-state index contributed by atoms with van der Waals surface area (Å²) in [5, 5.41) is 0. The summed E-state index contributed by atoms with van der Waals surface area (Å²) in [5.74, 6) is 1.89. The van der Waals surface area contributed by atoms with Crippen LogP contribution in [0.2, 0.25) is 0 Å². The van der Waals surface area contributed by atoms with Gasteiger partial charge in [0, 0.05) is 25.1 Å². The molecule has 2 heterocycles. The third-order valence-electron chi connectivity index (χ3n) is 6.49. The summed E-state index contributed by atoms with van der Waals surface area (Å²) in [4.78, 5) is 31.8. The lowest BCUT2D eigenvalue weighted by atomic mass is 9.65. The van der Waals surface area contributed by atoms with Gasteiger partial charge in [-0.2, -0.15) is 0 Å². The van der Waals surface area contributed by atoms with Crippen molar-refractivity contribution in [2.45, 2.75) is 57.9 Å². The van der Waals surface area contributed by atoms with Gasteiger partial charge in [-0.05, 0) is 31.1 Å². The van der Waals surface area contributed by atoms with E-state index in [1.165, 1.54) is 43.1 Å². The molecule has 1 aromatic heterocycles. The minimum Gasteiger partial charge on any atom is -0.336 e. The monoisotopic (exact) mass is 329 g/mol. The molecule has 0 saturated heterocycles. The maximum absolute atomic E-state index is 13.2. The maximum atomic E-state index is 13.2. The van der Waals surface area contributed by atoms with Crippen molar-refractivity contribution < 1.29 is 4.79 Å². The lowest BCUT2D eigenvalue weighted by molar-refractivity contribution is -0.141. The molecule has 0 unspecified atom stereocenters. The molecule has 2 fully saturated rings. The lowest BCUT2D eigenvalue weighted by Gasteiger charge is -2.42. The van der Waals surface area contributed by atoms with Crippen LogP contribution in [0.5, 0.6) is 0 Å². The smallest absolute Gasteiger partial charge is 0.256 e. The van der Waals surface area contributed by atoms with Crippen LogP contribution in [-0.2, 0) is 24.8 Å². The van der Waals surface area contributed by atoms with Crippen LogP contribution in [0.25, 0.3) is 0 Å². The Morgan fingerprint density at radius 3 is 2.83 bits per heavy atom. The van der Waals surface area contributed by atoms with Gasteiger partial charge in [-0.3, -0.25) is 9.59 Å². The molecular formula is C19H27N3O2. The number of carbonyl (C=O) groups is 1. The van der Waals surface area contributed by atoms with Crippen LogP contribution in [0.1, 0.15) is 56.2 Å². The zero-order chi connectivity index (χ0) is 16.7. The SMILES string of the molecule is Cn1cnc2c(c1=O)CCN(C(=O)[C@@H]1CCC[C@H]3CCCC[C@@H]31)C2. The highest BCUT2D eigenvalue weighted by Crippen LogP contribution is 2.44. The van der Waals surface area contributed by atoms with Gasteiger partial charge < -0.3 is 9.47 Å². The Morgan fingerprint density at radius 1 is 1.17 bits per heavy atom. The molecule has 5 nitrogen and oxygen atoms in total. The van der Waals surface area contributed by atoms with Gasteiger partial charge in [-0.1, -0.05) is 32.1 Å². The van der Waals surface area contributed by atoms with Crippen LogP contribution in [0.4, 0.5) is 0 Å². The van der Waals surface area contributed by atoms with E-state index < -0.39 is 0 Å². The Bertz CT molecular complexity index is 694. The zero-order valence-electron chi connectivity index (χ0n) is 14.5. The van der Waals surface area contributed by atoms with Gasteiger partial charge in [-0.25, -0.2) is 4.98 Å². The molecule has 0 N–H and O–H groups in total. The molecule has 1 amide bonds. The first-order valence-electron chi connectivity index (χ1n) is 9.47. The number of hydrogen-bond acceptors (Lipinski definition) is 3. The van der Waals surface area contributed by atoms with E-state index in [-0.39, 0.29) is 11.5 Å². The molecule has 1 aromatic rings. The summed E-state index contributed by atoms with van der Waals surface area (Å²) in [7, 11) is 1.73. The Labute approximate surface area is 143 Å². The van der Waals surface area contributed by atoms with Gasteiger partial charge in [0.15, 0.2) is 0 Å². The van der Waals surface area contributed by atoms with Crippen molar-refractivity contribution in [1.29, 1.82) is 0 Å². The van der Waals surface area contributed by atoms with Gasteiger partial charge in [0.2, 0.25) is 5.91 Å². The van der Waals surface area contributed by atoms with E-state index in [1.54, 1.807) is 13.4 Å². The minimum atomic E-state index is 0.0390. The number of amides is 1. The summed E-state index contributed by atoms with van der Waals surface area (Å²) in [6.45, 7) is 1.18. The third kappa shape index (κ3) is 2.68. The number of aryl methyl sites for hydroxylation is 1. The summed E-state index contributed by atoms with van der Waals surface area (Å²) in [6.07, 6.45) is 10.9. The van der Waals surface area contributed by atoms with E-state index in [0.717, 1.165) is 23.6 Å². The minimum absolute atomic E-state index is 0.0390. The molecule has 3 atom stereocenters. The number of carbonyl (C=O) groups excluding carboxylic acids is 1. The van der Waals surface area contributed by atoms with Crippen molar-refractivity contribution in [3.63, 3.8) is 0 Å². The molecule has 1 aliphatic heterocycles. The van der Waals surface area contributed by atoms with E-state index in [2.05, 4.69) is 4.98 Å². The molecule has 0 spiro atoms. The van der Waals surface area contributed by atoms with Crippen molar-refractivity contribution in [2.24, 2.45) is 24.8 Å². The van der Waals surface area contributed by atoms with Crippen molar-refractivity contribution in [3.05, 3.63) is 27.9 Å². The van der Waals surface area contributed by atoms with Crippen LogP contribution in [0.3, 0.4) is 0 Å². The fraction of sp³-hybridized carbons (Fsp3) is 0.737. The highest BCUT2D eigenvalue weighted by molar-refractivity contribution is 5.79. The van der Waals surface area contributed by atoms with Crippen LogP contribution in [-0.4, -0.2) is 26.9 Å². The lowest BCUT2D eigenvalue weighted by Crippen LogP contribution is -2.46. The van der Waals surface area contributed by atoms with Crippen LogP contribution in [0, 0.1) is 17.8 Å². The second-order valence-corrected chi connectivity index (χ2v) is 7.84. The number of nitrogens with zero attached hydrogens (tertiary/aromatic N) is 3. The largest absolute Gasteiger partial charge is 0.336 e. The molecule has 0 bridgehead atoms. The summed E-state index contributed by atoms with van der Waals surface area (Å²) in [6, 6.07) is 0. The molecule has 5 heteroatoms. The van der Waals surface area contributed by atoms with Crippen molar-refractivity contribution >= 4 is 5.91 Å². The van der Waals surface area contributed by atoms with Crippen LogP contribution < -0.4 is 5.56 Å². The van der Waals surface area contributed by atoms with E-state index >= 15 is 0 Å². The van der Waals surface area contributed by atoms with Crippen LogP contribution in [0.15, 0.2) is 11.1 Å². The molecule has 0 radical (unpaired) electrons. The zero-order valence-corrected chi connectivity index (χ0v) is 14.5. The summed E-state index contributed by atoms with van der Waals surface area (Å²) < 4.78 is 1.53. The number of rotatable bonds is 1. The fourth-order valence-electron chi connectivity index (χ4n) is 5.18. The van der Waals surface area contributed by atoms with Crippen molar-refractivity contribution in [3.8, 4) is 0 Å². The Kier molecular flexibility index (Phi) is 4.19. The van der Waals surface area contributed by atoms with Crippen molar-refractivity contribution in [2.75, 3.05) is 6.54 Å². The molecule has 2 saturated carbocycles. The second kappa shape index (κ2) is 6.34. The third-order valence-corrected chi connectivity index (χ3v) is 6.49. The Morgan fingerprint density at radius 2 is 1.96 bits per heavy atom. The highest BCUT2D eigenvalue weighted by atomic mass is 16.2. The predicted octanol–water partition coefficient (Wildman–Crippen LogP) is 2.27. The van der Waals surface area contributed by atoms with Crippen molar-refractivity contribution in [1.82, 2.24) is 14.5 Å². The van der Waals surface area contributed by atoms with Gasteiger partial charge in [0.25, 0.3) is 5.56 Å². The normalized spacial score (nSPS) is 29.7. The van der Waals surface area contributed by atoms with Gasteiger partial charge >= 0.3 is 0 Å². The first kappa shape index (κ1) is 15.9. The predicted molar refractivity (Wildman–Crippen MR) is 91.4 cm³/mol. The second-order valence-electron chi connectivity index (χ2n) is 7.84. The molecule has 130 valence electrons. The molecule has 0 aromatic carbocycles. The molecule has 3 aliphatic rings. The first-order valence-corrected chi connectivity index (χ1v) is 9.47. The number of fused-ring (bicyclic) bond motifs is 2. The van der Waals surface area contributed by atoms with Crippen LogP contribution >= 0.6 is 0 Å². The standard InChI is InChI=1S/C19H27N3O2/c1-21-12-20-17-11-22(10-9-16(17)18(21)23)19(24)15-8-4-6-13-5-2-3-7-14(13)15/h12-15H,2-11H2,1H3/t13-,14+,15-/m1/s1. The molecule has 2 aliphatic carbocycles. The average molecular weight is 329 g/mol. The first-order chi connectivity index (χ1) is 11.6. The van der Waals surface area contributed by atoms with Gasteiger partial charge in [0.1, 0.15) is 0 Å². The fourth-order valence-corrected chi connectivity index (χ4v) is 5.18. The van der Waals surface area contributed by atoms with E-state index in [1.807, 2.05) is 4.90 Å². The average Bonchev–Trinajstić information content (AvgIpc) is 2.63. The topological polar surface area (TPSA) is 55.2 Å². The summed E-state index contributed by atoms with van der Waals surface area (Å²) in [5.41, 5.74) is 1.63. The molecule has 4 rings (SSSR count). The highest BCUT2D eigenvalue weighted by Gasteiger charge is 2.40. The Hall–Kier alpha value is -1.65. The maximum Gasteiger partial charge on any atom is 0.256 e. The summed E-state index contributed by atoms with van der Waals surface area (Å²) >= 11 is 0. The van der Waals surface area contributed by atoms with E-state index in [9.17, 15) is 9.59 Å². The quantitative estimate of drug-likeness (QED) is 0.794. The molecular weight excluding hydrogens is 302 g/mol. The van der Waals surface area contributed by atoms with E-state index in [4.69, 9.17) is 0 Å². The number of hydrogen-bond donors (Lipinski definition) is 0. The van der Waals surface area contributed by atoms with Gasteiger partial charge in [0.05, 0.1) is 18.6 Å². The van der Waals surface area contributed by atoms with E-state index in [0.29, 0.717) is 31.3 Å². The Balaban J connectivity index is 1.53.